The number of likely N-dealkylation sites (N-methyl/N-ethyl adjacent to an activating group) is 1. The largest absolute Gasteiger partial charge is 0.326 e. The molecule has 0 radical (unpaired) electrons. The highest BCUT2D eigenvalue weighted by Gasteiger charge is 2.38. The van der Waals surface area contributed by atoms with Crippen LogP contribution in [0.1, 0.15) is 30.4 Å². The fourth-order valence-corrected chi connectivity index (χ4v) is 2.76. The molecule has 2 aliphatic rings. The van der Waals surface area contributed by atoms with Crippen molar-refractivity contribution < 1.29 is 4.79 Å². The van der Waals surface area contributed by atoms with Gasteiger partial charge in [-0.15, -0.1) is 0 Å². The molecule has 0 aromatic heterocycles. The van der Waals surface area contributed by atoms with E-state index in [9.17, 15) is 4.79 Å². The maximum atomic E-state index is 11.3. The molecule has 1 aromatic rings. The molecule has 1 amide bonds. The summed E-state index contributed by atoms with van der Waals surface area (Å²) in [5, 5.41) is 2.92. The molecule has 3 rings (SSSR count). The number of benzene rings is 1. The average molecular weight is 259 g/mol. The van der Waals surface area contributed by atoms with E-state index in [0.717, 1.165) is 38.0 Å². The van der Waals surface area contributed by atoms with Gasteiger partial charge in [-0.25, -0.2) is 0 Å². The van der Waals surface area contributed by atoms with Crippen molar-refractivity contribution in [2.45, 2.75) is 37.8 Å². The molecule has 0 unspecified atom stereocenters. The van der Waals surface area contributed by atoms with E-state index in [-0.39, 0.29) is 11.4 Å². The topological polar surface area (TPSA) is 58.4 Å². The van der Waals surface area contributed by atoms with Crippen LogP contribution in [-0.2, 0) is 17.8 Å². The molecule has 1 heterocycles. The summed E-state index contributed by atoms with van der Waals surface area (Å²) in [7, 11) is 2.12. The number of carbonyl (C=O) groups is 1. The van der Waals surface area contributed by atoms with E-state index >= 15 is 0 Å². The number of nitrogens with two attached hydrogens (primary N) is 1. The van der Waals surface area contributed by atoms with Crippen LogP contribution in [0.3, 0.4) is 0 Å². The molecule has 4 heteroatoms. The Morgan fingerprint density at radius 3 is 2.89 bits per heavy atom. The van der Waals surface area contributed by atoms with E-state index in [4.69, 9.17) is 5.73 Å². The van der Waals surface area contributed by atoms with Crippen molar-refractivity contribution in [2.75, 3.05) is 18.9 Å². The van der Waals surface area contributed by atoms with Gasteiger partial charge in [0, 0.05) is 30.7 Å². The SMILES string of the molecule is CN(Cc1ccc2c(c1)CCC(=O)N2)CC1(N)CC1. The summed E-state index contributed by atoms with van der Waals surface area (Å²) >= 11 is 0. The predicted octanol–water partition coefficient (Wildman–Crippen LogP) is 1.49. The number of rotatable bonds is 4. The number of amides is 1. The Morgan fingerprint density at radius 1 is 1.37 bits per heavy atom. The third-order valence-corrected chi connectivity index (χ3v) is 3.99. The van der Waals surface area contributed by atoms with Gasteiger partial charge in [0.25, 0.3) is 0 Å². The third kappa shape index (κ3) is 2.96. The molecule has 19 heavy (non-hydrogen) atoms. The van der Waals surface area contributed by atoms with E-state index in [1.54, 1.807) is 0 Å². The van der Waals surface area contributed by atoms with Crippen molar-refractivity contribution in [3.05, 3.63) is 29.3 Å². The van der Waals surface area contributed by atoms with Crippen LogP contribution in [0.15, 0.2) is 18.2 Å². The quantitative estimate of drug-likeness (QED) is 0.861. The zero-order valence-corrected chi connectivity index (χ0v) is 11.4. The number of fused-ring (bicyclic) bond motifs is 1. The first kappa shape index (κ1) is 12.6. The van der Waals surface area contributed by atoms with Crippen LogP contribution >= 0.6 is 0 Å². The average Bonchev–Trinajstić information content (AvgIpc) is 3.06. The second kappa shape index (κ2) is 4.62. The van der Waals surface area contributed by atoms with E-state index < -0.39 is 0 Å². The molecule has 0 spiro atoms. The Morgan fingerprint density at radius 2 is 2.16 bits per heavy atom. The summed E-state index contributed by atoms with van der Waals surface area (Å²) in [6.07, 6.45) is 3.73. The first-order chi connectivity index (χ1) is 9.04. The molecule has 0 saturated heterocycles. The lowest BCUT2D eigenvalue weighted by Gasteiger charge is -2.22. The highest BCUT2D eigenvalue weighted by atomic mass is 16.1. The Hall–Kier alpha value is -1.39. The lowest BCUT2D eigenvalue weighted by atomic mass is 10.00. The van der Waals surface area contributed by atoms with Gasteiger partial charge in [0.05, 0.1) is 0 Å². The molecule has 1 aliphatic carbocycles. The maximum Gasteiger partial charge on any atom is 0.224 e. The molecular formula is C15H21N3O. The van der Waals surface area contributed by atoms with Gasteiger partial charge < -0.3 is 16.0 Å². The van der Waals surface area contributed by atoms with Gasteiger partial charge in [0.1, 0.15) is 0 Å². The van der Waals surface area contributed by atoms with Gasteiger partial charge in [0.15, 0.2) is 0 Å². The van der Waals surface area contributed by atoms with Gasteiger partial charge in [0.2, 0.25) is 5.91 Å². The van der Waals surface area contributed by atoms with Gasteiger partial charge >= 0.3 is 0 Å². The van der Waals surface area contributed by atoms with Crippen LogP contribution in [0.25, 0.3) is 0 Å². The van der Waals surface area contributed by atoms with E-state index in [1.807, 2.05) is 6.07 Å². The van der Waals surface area contributed by atoms with Crippen LogP contribution in [0.4, 0.5) is 5.69 Å². The van der Waals surface area contributed by atoms with Crippen LogP contribution in [-0.4, -0.2) is 29.9 Å². The molecule has 0 atom stereocenters. The number of nitrogens with one attached hydrogen (secondary N) is 1. The smallest absolute Gasteiger partial charge is 0.224 e. The Kier molecular flexibility index (Phi) is 3.07. The van der Waals surface area contributed by atoms with Crippen LogP contribution in [0, 0.1) is 0 Å². The van der Waals surface area contributed by atoms with Crippen molar-refractivity contribution in [1.82, 2.24) is 4.90 Å². The zero-order valence-electron chi connectivity index (χ0n) is 11.4. The molecule has 1 fully saturated rings. The van der Waals surface area contributed by atoms with Crippen molar-refractivity contribution in [3.63, 3.8) is 0 Å². The highest BCUT2D eigenvalue weighted by molar-refractivity contribution is 5.93. The molecule has 102 valence electrons. The first-order valence-corrected chi connectivity index (χ1v) is 6.93. The van der Waals surface area contributed by atoms with Gasteiger partial charge in [-0.2, -0.15) is 0 Å². The lowest BCUT2D eigenvalue weighted by molar-refractivity contribution is -0.116. The van der Waals surface area contributed by atoms with Crippen molar-refractivity contribution in [2.24, 2.45) is 5.73 Å². The molecular weight excluding hydrogens is 238 g/mol. The lowest BCUT2D eigenvalue weighted by Crippen LogP contribution is -2.36. The zero-order chi connectivity index (χ0) is 13.5. The van der Waals surface area contributed by atoms with Crippen molar-refractivity contribution in [1.29, 1.82) is 0 Å². The number of anilines is 1. The Labute approximate surface area is 114 Å². The molecule has 4 nitrogen and oxygen atoms in total. The van der Waals surface area contributed by atoms with Gasteiger partial charge in [-0.1, -0.05) is 12.1 Å². The fourth-order valence-electron chi connectivity index (χ4n) is 2.76. The third-order valence-electron chi connectivity index (χ3n) is 3.99. The Bertz CT molecular complexity index is 508. The fraction of sp³-hybridized carbons (Fsp3) is 0.533. The molecule has 1 saturated carbocycles. The minimum absolute atomic E-state index is 0.0664. The molecule has 0 bridgehead atoms. The van der Waals surface area contributed by atoms with Gasteiger partial charge in [-0.05, 0) is 43.5 Å². The first-order valence-electron chi connectivity index (χ1n) is 6.93. The maximum absolute atomic E-state index is 11.3. The predicted molar refractivity (Wildman–Crippen MR) is 75.9 cm³/mol. The number of hydrogen-bond acceptors (Lipinski definition) is 3. The normalized spacial score (nSPS) is 20.1. The van der Waals surface area contributed by atoms with E-state index in [0.29, 0.717) is 6.42 Å². The minimum atomic E-state index is 0.0664. The van der Waals surface area contributed by atoms with Crippen molar-refractivity contribution >= 4 is 11.6 Å². The van der Waals surface area contributed by atoms with Crippen LogP contribution in [0.5, 0.6) is 0 Å². The Balaban J connectivity index is 1.66. The summed E-state index contributed by atoms with van der Waals surface area (Å²) in [5.74, 6) is 0.121. The summed E-state index contributed by atoms with van der Waals surface area (Å²) < 4.78 is 0. The number of nitrogens with zero attached hydrogens (tertiary/aromatic N) is 1. The summed E-state index contributed by atoms with van der Waals surface area (Å²) in [4.78, 5) is 13.6. The molecule has 1 aliphatic heterocycles. The second-order valence-electron chi connectivity index (χ2n) is 6.07. The van der Waals surface area contributed by atoms with Crippen molar-refractivity contribution in [3.8, 4) is 0 Å². The van der Waals surface area contributed by atoms with Crippen LogP contribution in [0.2, 0.25) is 0 Å². The standard InChI is InChI=1S/C15H21N3O/c1-18(10-15(16)6-7-15)9-11-2-4-13-12(8-11)3-5-14(19)17-13/h2,4,8H,3,5-7,9-10,16H2,1H3,(H,17,19). The monoisotopic (exact) mass is 259 g/mol. The summed E-state index contributed by atoms with van der Waals surface area (Å²) in [6.45, 7) is 1.88. The number of carbonyl (C=O) groups excluding carboxylic acids is 1. The van der Waals surface area contributed by atoms with Gasteiger partial charge in [-0.3, -0.25) is 4.79 Å². The van der Waals surface area contributed by atoms with E-state index in [2.05, 4.69) is 29.4 Å². The summed E-state index contributed by atoms with van der Waals surface area (Å²) in [6, 6.07) is 6.32. The molecule has 1 aromatic carbocycles. The summed E-state index contributed by atoms with van der Waals surface area (Å²) in [5.41, 5.74) is 9.72. The second-order valence-corrected chi connectivity index (χ2v) is 6.07. The highest BCUT2D eigenvalue weighted by Crippen LogP contribution is 2.33. The van der Waals surface area contributed by atoms with E-state index in [1.165, 1.54) is 11.1 Å². The number of hydrogen-bond donors (Lipinski definition) is 2. The molecule has 3 N–H and O–H groups in total. The van der Waals surface area contributed by atoms with Crippen LogP contribution < -0.4 is 11.1 Å². The minimum Gasteiger partial charge on any atom is -0.326 e. The number of aryl methyl sites for hydroxylation is 1.